The molecule has 1 aromatic heterocycles. The van der Waals surface area contributed by atoms with Crippen LogP contribution in [0.3, 0.4) is 0 Å². The van der Waals surface area contributed by atoms with Crippen LogP contribution in [0.1, 0.15) is 12.2 Å². The van der Waals surface area contributed by atoms with E-state index in [2.05, 4.69) is 5.32 Å². The van der Waals surface area contributed by atoms with Crippen molar-refractivity contribution in [2.24, 2.45) is 0 Å². The monoisotopic (exact) mass is 241 g/mol. The summed E-state index contributed by atoms with van der Waals surface area (Å²) in [5, 5.41) is 12.4. The van der Waals surface area contributed by atoms with Crippen LogP contribution in [0.5, 0.6) is 0 Å². The molecule has 4 nitrogen and oxygen atoms in total. The third kappa shape index (κ3) is 2.41. The van der Waals surface area contributed by atoms with Crippen molar-refractivity contribution in [3.63, 3.8) is 0 Å². The van der Waals surface area contributed by atoms with Gasteiger partial charge in [0.25, 0.3) is 0 Å². The summed E-state index contributed by atoms with van der Waals surface area (Å²) in [5.41, 5.74) is -0.725. The zero-order valence-corrected chi connectivity index (χ0v) is 9.76. The molecule has 88 valence electrons. The summed E-state index contributed by atoms with van der Waals surface area (Å²) in [5.74, 6) is 1.72. The highest BCUT2D eigenvalue weighted by molar-refractivity contribution is 7.99. The molecule has 2 rings (SSSR count). The Bertz CT molecular complexity index is 344. The molecule has 2 heterocycles. The summed E-state index contributed by atoms with van der Waals surface area (Å²) in [6, 6.07) is 3.74. The summed E-state index contributed by atoms with van der Waals surface area (Å²) in [7, 11) is 0. The number of thioether (sulfide) groups is 1. The third-order valence-electron chi connectivity index (χ3n) is 2.85. The highest BCUT2D eigenvalue weighted by Crippen LogP contribution is 2.28. The van der Waals surface area contributed by atoms with Crippen LogP contribution in [0.2, 0.25) is 0 Å². The van der Waals surface area contributed by atoms with Crippen LogP contribution in [0.15, 0.2) is 22.8 Å². The molecule has 1 aliphatic heterocycles. The molecule has 0 radical (unpaired) electrons. The zero-order chi connectivity index (χ0) is 11.4. The fraction of sp³-hybridized carbons (Fsp3) is 0.545. The van der Waals surface area contributed by atoms with Crippen LogP contribution in [-0.2, 0) is 11.2 Å². The Morgan fingerprint density at radius 3 is 3.12 bits per heavy atom. The molecule has 16 heavy (non-hydrogen) atoms. The molecule has 5 heteroatoms. The topological polar surface area (TPSA) is 62.5 Å². The standard InChI is InChI=1S/C11H15NO3S/c13-10(14)11(4-7-16-8-11)12-5-3-9-2-1-6-15-9/h1-2,6,12H,3-5,7-8H2,(H,13,14). The highest BCUT2D eigenvalue weighted by Gasteiger charge is 2.41. The van der Waals surface area contributed by atoms with Crippen molar-refractivity contribution in [2.45, 2.75) is 18.4 Å². The van der Waals surface area contributed by atoms with Crippen LogP contribution in [0, 0.1) is 0 Å². The van der Waals surface area contributed by atoms with E-state index in [1.165, 1.54) is 0 Å². The minimum Gasteiger partial charge on any atom is -0.480 e. The average Bonchev–Trinajstić information content (AvgIpc) is 2.88. The Morgan fingerprint density at radius 1 is 1.69 bits per heavy atom. The van der Waals surface area contributed by atoms with Gasteiger partial charge in [-0.2, -0.15) is 11.8 Å². The first kappa shape index (κ1) is 11.5. The van der Waals surface area contributed by atoms with Crippen LogP contribution in [0.4, 0.5) is 0 Å². The maximum atomic E-state index is 11.2. The molecule has 0 aromatic carbocycles. The van der Waals surface area contributed by atoms with Crippen molar-refractivity contribution in [2.75, 3.05) is 18.1 Å². The van der Waals surface area contributed by atoms with E-state index in [1.807, 2.05) is 12.1 Å². The third-order valence-corrected chi connectivity index (χ3v) is 4.04. The number of carbonyl (C=O) groups is 1. The van der Waals surface area contributed by atoms with Crippen LogP contribution < -0.4 is 5.32 Å². The molecule has 2 N–H and O–H groups in total. The van der Waals surface area contributed by atoms with Gasteiger partial charge < -0.3 is 14.8 Å². The van der Waals surface area contributed by atoms with Crippen molar-refractivity contribution < 1.29 is 14.3 Å². The number of hydrogen-bond donors (Lipinski definition) is 2. The second-order valence-corrected chi connectivity index (χ2v) is 5.05. The average molecular weight is 241 g/mol. The van der Waals surface area contributed by atoms with Gasteiger partial charge in [0.1, 0.15) is 11.3 Å². The zero-order valence-electron chi connectivity index (χ0n) is 8.94. The largest absolute Gasteiger partial charge is 0.480 e. The normalized spacial score (nSPS) is 24.8. The Kier molecular flexibility index (Phi) is 3.56. The Balaban J connectivity index is 1.85. The number of carboxylic acids is 1. The first-order valence-electron chi connectivity index (χ1n) is 5.31. The lowest BCUT2D eigenvalue weighted by Gasteiger charge is -2.24. The van der Waals surface area contributed by atoms with Crippen molar-refractivity contribution in [1.29, 1.82) is 0 Å². The Labute approximate surface area is 98.4 Å². The minimum atomic E-state index is -0.739. The first-order chi connectivity index (χ1) is 7.73. The molecule has 1 unspecified atom stereocenters. The van der Waals surface area contributed by atoms with Gasteiger partial charge in [0.05, 0.1) is 6.26 Å². The summed E-state index contributed by atoms with van der Waals surface area (Å²) in [4.78, 5) is 11.2. The quantitative estimate of drug-likeness (QED) is 0.815. The number of aliphatic carboxylic acids is 1. The molecule has 0 amide bonds. The van der Waals surface area contributed by atoms with Gasteiger partial charge in [-0.1, -0.05) is 0 Å². The van der Waals surface area contributed by atoms with E-state index in [-0.39, 0.29) is 0 Å². The Hall–Kier alpha value is -0.940. The predicted octanol–water partition coefficient (Wildman–Crippen LogP) is 1.37. The number of rotatable bonds is 5. The molecule has 0 saturated carbocycles. The Morgan fingerprint density at radius 2 is 2.56 bits per heavy atom. The predicted molar refractivity (Wildman–Crippen MR) is 62.7 cm³/mol. The van der Waals surface area contributed by atoms with Gasteiger partial charge in [0, 0.05) is 18.7 Å². The van der Waals surface area contributed by atoms with Crippen LogP contribution >= 0.6 is 11.8 Å². The van der Waals surface area contributed by atoms with E-state index in [0.717, 1.165) is 17.9 Å². The second kappa shape index (κ2) is 4.93. The van der Waals surface area contributed by atoms with Gasteiger partial charge in [0.2, 0.25) is 0 Å². The summed E-state index contributed by atoms with van der Waals surface area (Å²) < 4.78 is 5.20. The molecule has 1 fully saturated rings. The number of furan rings is 1. The van der Waals surface area contributed by atoms with Gasteiger partial charge in [-0.15, -0.1) is 0 Å². The molecule has 1 aromatic rings. The van der Waals surface area contributed by atoms with Gasteiger partial charge in [0.15, 0.2) is 0 Å². The van der Waals surface area contributed by atoms with Gasteiger partial charge in [-0.05, 0) is 24.3 Å². The molecule has 0 spiro atoms. The first-order valence-corrected chi connectivity index (χ1v) is 6.47. The van der Waals surface area contributed by atoms with Gasteiger partial charge in [-0.3, -0.25) is 4.79 Å². The second-order valence-electron chi connectivity index (χ2n) is 3.95. The fourth-order valence-corrected chi connectivity index (χ4v) is 3.18. The van der Waals surface area contributed by atoms with Crippen molar-refractivity contribution in [3.05, 3.63) is 24.2 Å². The highest BCUT2D eigenvalue weighted by atomic mass is 32.2. The molecule has 1 aliphatic rings. The number of nitrogens with one attached hydrogen (secondary N) is 1. The smallest absolute Gasteiger partial charge is 0.324 e. The summed E-state index contributed by atoms with van der Waals surface area (Å²) >= 11 is 1.69. The van der Waals surface area contributed by atoms with Gasteiger partial charge >= 0.3 is 5.97 Å². The van der Waals surface area contributed by atoms with Gasteiger partial charge in [-0.25, -0.2) is 0 Å². The van der Waals surface area contributed by atoms with E-state index in [1.54, 1.807) is 18.0 Å². The summed E-state index contributed by atoms with van der Waals surface area (Å²) in [6.45, 7) is 0.639. The van der Waals surface area contributed by atoms with E-state index in [0.29, 0.717) is 18.7 Å². The van der Waals surface area contributed by atoms with Crippen LogP contribution in [-0.4, -0.2) is 34.7 Å². The van der Waals surface area contributed by atoms with E-state index in [9.17, 15) is 9.90 Å². The van der Waals surface area contributed by atoms with Crippen molar-refractivity contribution in [1.82, 2.24) is 5.32 Å². The van der Waals surface area contributed by atoms with Crippen molar-refractivity contribution >= 4 is 17.7 Å². The van der Waals surface area contributed by atoms with E-state index >= 15 is 0 Å². The molecule has 0 aliphatic carbocycles. The number of hydrogen-bond acceptors (Lipinski definition) is 4. The molecule has 1 atom stereocenters. The molecular weight excluding hydrogens is 226 g/mol. The lowest BCUT2D eigenvalue weighted by atomic mass is 9.99. The number of carboxylic acid groups (broad SMARTS) is 1. The molecule has 1 saturated heterocycles. The van der Waals surface area contributed by atoms with E-state index in [4.69, 9.17) is 4.42 Å². The lowest BCUT2D eigenvalue weighted by molar-refractivity contribution is -0.143. The van der Waals surface area contributed by atoms with Crippen molar-refractivity contribution in [3.8, 4) is 0 Å². The van der Waals surface area contributed by atoms with Crippen LogP contribution in [0.25, 0.3) is 0 Å². The maximum absolute atomic E-state index is 11.2. The SMILES string of the molecule is O=C(O)C1(NCCc2ccco2)CCSC1. The van der Waals surface area contributed by atoms with E-state index < -0.39 is 11.5 Å². The molecule has 0 bridgehead atoms. The molecular formula is C11H15NO3S. The lowest BCUT2D eigenvalue weighted by Crippen LogP contribution is -2.52. The fourth-order valence-electron chi connectivity index (χ4n) is 1.83. The summed E-state index contributed by atoms with van der Waals surface area (Å²) in [6.07, 6.45) is 3.06. The minimum absolute atomic E-state index is 0.639. The maximum Gasteiger partial charge on any atom is 0.324 e.